The Morgan fingerprint density at radius 3 is 2.44 bits per heavy atom. The molecular formula is C27H35N3O2. The molecular weight excluding hydrogens is 398 g/mol. The zero-order valence-electron chi connectivity index (χ0n) is 19.3. The molecule has 0 saturated carbocycles. The third kappa shape index (κ3) is 4.74. The highest BCUT2D eigenvalue weighted by Gasteiger charge is 2.34. The van der Waals surface area contributed by atoms with E-state index in [0.717, 1.165) is 62.3 Å². The van der Waals surface area contributed by atoms with Crippen LogP contribution in [-0.2, 0) is 0 Å². The number of likely N-dealkylation sites (tertiary alicyclic amines) is 1. The Morgan fingerprint density at radius 1 is 1.06 bits per heavy atom. The van der Waals surface area contributed by atoms with Crippen LogP contribution >= 0.6 is 0 Å². The number of carbonyl (C=O) groups is 1. The van der Waals surface area contributed by atoms with Gasteiger partial charge in [-0.15, -0.1) is 6.58 Å². The van der Waals surface area contributed by atoms with E-state index in [0.29, 0.717) is 12.1 Å². The van der Waals surface area contributed by atoms with Crippen LogP contribution in [0, 0.1) is 0 Å². The third-order valence-electron chi connectivity index (χ3n) is 6.91. The Balaban J connectivity index is 1.64. The molecule has 1 N–H and O–H groups in total. The van der Waals surface area contributed by atoms with Crippen molar-refractivity contribution in [2.24, 2.45) is 0 Å². The average molecular weight is 434 g/mol. The maximum absolute atomic E-state index is 12.8. The van der Waals surface area contributed by atoms with Crippen molar-refractivity contribution in [3.05, 3.63) is 77.9 Å². The van der Waals surface area contributed by atoms with Crippen LogP contribution in [0.4, 0.5) is 0 Å². The van der Waals surface area contributed by atoms with E-state index in [1.165, 1.54) is 0 Å². The van der Waals surface area contributed by atoms with Crippen LogP contribution in [0.1, 0.15) is 54.2 Å². The summed E-state index contributed by atoms with van der Waals surface area (Å²) in [5.41, 5.74) is 2.96. The number of phenolic OH excluding ortho intramolecular Hbond substituents is 1. The van der Waals surface area contributed by atoms with E-state index >= 15 is 0 Å². The van der Waals surface area contributed by atoms with Crippen molar-refractivity contribution in [2.75, 3.05) is 32.7 Å². The minimum absolute atomic E-state index is 0.0152. The Bertz CT molecular complexity index is 936. The first-order valence-electron chi connectivity index (χ1n) is 11.8. The molecule has 0 aliphatic carbocycles. The molecule has 32 heavy (non-hydrogen) atoms. The lowest BCUT2D eigenvalue weighted by Crippen LogP contribution is -2.57. The van der Waals surface area contributed by atoms with Crippen LogP contribution in [0.3, 0.4) is 0 Å². The van der Waals surface area contributed by atoms with Gasteiger partial charge in [0.1, 0.15) is 5.75 Å². The second kappa shape index (κ2) is 9.88. The molecule has 0 spiro atoms. The van der Waals surface area contributed by atoms with E-state index in [9.17, 15) is 9.90 Å². The molecule has 0 bridgehead atoms. The molecule has 2 aliphatic rings. The highest BCUT2D eigenvalue weighted by Crippen LogP contribution is 2.34. The molecule has 2 fully saturated rings. The SMILES string of the molecule is C=CCN1C[C@@H](C)N([C@H](c2ccc(C(=O)N3CCCC3)cc2)c2cccc(O)c2)C[C@@H]1C. The van der Waals surface area contributed by atoms with Gasteiger partial charge < -0.3 is 10.0 Å². The molecule has 1 amide bonds. The zero-order chi connectivity index (χ0) is 22.7. The minimum Gasteiger partial charge on any atom is -0.508 e. The van der Waals surface area contributed by atoms with E-state index in [2.05, 4.69) is 48.4 Å². The predicted molar refractivity (Wildman–Crippen MR) is 129 cm³/mol. The maximum atomic E-state index is 12.8. The van der Waals surface area contributed by atoms with Gasteiger partial charge in [0.05, 0.1) is 6.04 Å². The van der Waals surface area contributed by atoms with Crippen molar-refractivity contribution >= 4 is 5.91 Å². The number of nitrogens with zero attached hydrogens (tertiary/aromatic N) is 3. The van der Waals surface area contributed by atoms with Crippen molar-refractivity contribution in [1.29, 1.82) is 0 Å². The monoisotopic (exact) mass is 433 g/mol. The Labute approximate surface area is 191 Å². The third-order valence-corrected chi connectivity index (χ3v) is 6.91. The largest absolute Gasteiger partial charge is 0.508 e. The molecule has 0 unspecified atom stereocenters. The van der Waals surface area contributed by atoms with Gasteiger partial charge in [-0.2, -0.15) is 0 Å². The number of carbonyl (C=O) groups excluding carboxylic acids is 1. The van der Waals surface area contributed by atoms with Crippen LogP contribution in [0.2, 0.25) is 0 Å². The molecule has 170 valence electrons. The lowest BCUT2D eigenvalue weighted by Gasteiger charge is -2.47. The highest BCUT2D eigenvalue weighted by molar-refractivity contribution is 5.94. The standard InChI is InChI=1S/C27H35N3O2/c1-4-14-29-18-21(3)30(19-20(29)2)26(24-8-7-9-25(31)17-24)22-10-12-23(13-11-22)27(32)28-15-5-6-16-28/h4,7-13,17,20-21,26,31H,1,5-6,14-16,18-19H2,2-3H3/t20-,21+,26+/m0/s1. The molecule has 2 heterocycles. The molecule has 0 aromatic heterocycles. The number of benzene rings is 2. The fourth-order valence-electron chi connectivity index (χ4n) is 5.19. The van der Waals surface area contributed by atoms with Gasteiger partial charge in [-0.1, -0.05) is 30.3 Å². The normalized spacial score (nSPS) is 23.2. The summed E-state index contributed by atoms with van der Waals surface area (Å²) in [4.78, 5) is 19.7. The van der Waals surface area contributed by atoms with Crippen molar-refractivity contribution in [3.8, 4) is 5.75 Å². The fourth-order valence-corrected chi connectivity index (χ4v) is 5.19. The summed E-state index contributed by atoms with van der Waals surface area (Å²) in [6, 6.07) is 16.4. The van der Waals surface area contributed by atoms with Gasteiger partial charge >= 0.3 is 0 Å². The molecule has 3 atom stereocenters. The average Bonchev–Trinajstić information content (AvgIpc) is 3.32. The molecule has 0 radical (unpaired) electrons. The summed E-state index contributed by atoms with van der Waals surface area (Å²) < 4.78 is 0. The van der Waals surface area contributed by atoms with Crippen molar-refractivity contribution in [3.63, 3.8) is 0 Å². The van der Waals surface area contributed by atoms with Crippen molar-refractivity contribution in [1.82, 2.24) is 14.7 Å². The van der Waals surface area contributed by atoms with Crippen LogP contribution in [-0.4, -0.2) is 70.5 Å². The first kappa shape index (κ1) is 22.6. The topological polar surface area (TPSA) is 47.0 Å². The Morgan fingerprint density at radius 2 is 1.78 bits per heavy atom. The Hall–Kier alpha value is -2.63. The molecule has 2 aromatic rings. The van der Waals surface area contributed by atoms with Crippen LogP contribution < -0.4 is 0 Å². The predicted octanol–water partition coefficient (Wildman–Crippen LogP) is 4.30. The van der Waals surface area contributed by atoms with E-state index in [-0.39, 0.29) is 17.7 Å². The molecule has 2 saturated heterocycles. The number of hydrogen-bond acceptors (Lipinski definition) is 4. The van der Waals surface area contributed by atoms with Crippen molar-refractivity contribution < 1.29 is 9.90 Å². The first-order chi connectivity index (χ1) is 15.5. The minimum atomic E-state index is 0.0152. The van der Waals surface area contributed by atoms with Crippen LogP contribution in [0.25, 0.3) is 0 Å². The van der Waals surface area contributed by atoms with Gasteiger partial charge in [-0.3, -0.25) is 14.6 Å². The second-order valence-corrected chi connectivity index (χ2v) is 9.26. The zero-order valence-corrected chi connectivity index (χ0v) is 19.3. The van der Waals surface area contributed by atoms with Crippen LogP contribution in [0.15, 0.2) is 61.2 Å². The summed E-state index contributed by atoms with van der Waals surface area (Å²) in [6.45, 7) is 12.9. The summed E-state index contributed by atoms with van der Waals surface area (Å²) >= 11 is 0. The van der Waals surface area contributed by atoms with Gasteiger partial charge in [0.2, 0.25) is 0 Å². The number of phenols is 1. The summed E-state index contributed by atoms with van der Waals surface area (Å²) in [5.74, 6) is 0.405. The summed E-state index contributed by atoms with van der Waals surface area (Å²) in [6.07, 6.45) is 4.16. The lowest BCUT2D eigenvalue weighted by molar-refractivity contribution is 0.0306. The molecule has 2 aromatic carbocycles. The molecule has 5 heteroatoms. The first-order valence-corrected chi connectivity index (χ1v) is 11.8. The van der Waals surface area contributed by atoms with E-state index in [1.54, 1.807) is 6.07 Å². The quantitative estimate of drug-likeness (QED) is 0.690. The smallest absolute Gasteiger partial charge is 0.253 e. The van der Waals surface area contributed by atoms with E-state index in [4.69, 9.17) is 0 Å². The molecule has 5 nitrogen and oxygen atoms in total. The summed E-state index contributed by atoms with van der Waals surface area (Å²) in [5, 5.41) is 10.2. The highest BCUT2D eigenvalue weighted by atomic mass is 16.3. The van der Waals surface area contributed by atoms with Gasteiger partial charge in [0.15, 0.2) is 0 Å². The number of amides is 1. The van der Waals surface area contributed by atoms with Gasteiger partial charge in [-0.25, -0.2) is 0 Å². The number of piperazine rings is 1. The van der Waals surface area contributed by atoms with Crippen LogP contribution in [0.5, 0.6) is 5.75 Å². The Kier molecular flexibility index (Phi) is 6.97. The fraction of sp³-hybridized carbons (Fsp3) is 0.444. The lowest BCUT2D eigenvalue weighted by atomic mass is 9.92. The van der Waals surface area contributed by atoms with E-state index in [1.807, 2.05) is 35.2 Å². The summed E-state index contributed by atoms with van der Waals surface area (Å²) in [7, 11) is 0. The van der Waals surface area contributed by atoms with Gasteiger partial charge in [-0.05, 0) is 62.1 Å². The van der Waals surface area contributed by atoms with Crippen molar-refractivity contribution in [2.45, 2.75) is 44.8 Å². The maximum Gasteiger partial charge on any atom is 0.253 e. The number of aromatic hydroxyl groups is 1. The number of rotatable bonds is 6. The molecule has 4 rings (SSSR count). The molecule has 2 aliphatic heterocycles. The second-order valence-electron chi connectivity index (χ2n) is 9.26. The number of hydrogen-bond donors (Lipinski definition) is 1. The van der Waals surface area contributed by atoms with Gasteiger partial charge in [0.25, 0.3) is 5.91 Å². The van der Waals surface area contributed by atoms with Gasteiger partial charge in [0, 0.05) is 50.4 Å². The van der Waals surface area contributed by atoms with E-state index < -0.39 is 0 Å².